The van der Waals surface area contributed by atoms with Gasteiger partial charge in [0.1, 0.15) is 5.60 Å². The maximum absolute atomic E-state index is 13.7. The van der Waals surface area contributed by atoms with Crippen LogP contribution in [0.1, 0.15) is 49.5 Å². The number of benzene rings is 2. The van der Waals surface area contributed by atoms with Crippen molar-refractivity contribution in [2.24, 2.45) is 5.41 Å². The van der Waals surface area contributed by atoms with E-state index < -0.39 is 30.0 Å². The number of nitrogens with one attached hydrogen (secondary N) is 1. The smallest absolute Gasteiger partial charge is 0.444 e. The van der Waals surface area contributed by atoms with Crippen LogP contribution >= 0.6 is 0 Å². The van der Waals surface area contributed by atoms with Crippen molar-refractivity contribution in [3.8, 4) is 0 Å². The first-order chi connectivity index (χ1) is 19.7. The van der Waals surface area contributed by atoms with Gasteiger partial charge in [-0.3, -0.25) is 14.5 Å². The van der Waals surface area contributed by atoms with E-state index in [0.717, 1.165) is 12.8 Å². The molecule has 42 heavy (non-hydrogen) atoms. The van der Waals surface area contributed by atoms with E-state index in [2.05, 4.69) is 0 Å². The molecule has 0 atom stereocenters. The molecule has 2 fully saturated rings. The molecular formula is C30H35F3N4O5. The molecule has 12 heteroatoms. The van der Waals surface area contributed by atoms with E-state index in [1.807, 2.05) is 51.1 Å². The van der Waals surface area contributed by atoms with Gasteiger partial charge in [-0.05, 0) is 51.3 Å². The maximum atomic E-state index is 13.7. The number of alkyl halides is 3. The van der Waals surface area contributed by atoms with Crippen LogP contribution in [0.5, 0.6) is 0 Å². The fraction of sp³-hybridized carbons (Fsp3) is 0.467. The normalized spacial score (nSPS) is 16.4. The lowest BCUT2D eigenvalue weighted by Crippen LogP contribution is -2.63. The van der Waals surface area contributed by atoms with E-state index in [1.165, 1.54) is 12.1 Å². The second-order valence-corrected chi connectivity index (χ2v) is 11.8. The predicted molar refractivity (Wildman–Crippen MR) is 149 cm³/mol. The highest BCUT2D eigenvalue weighted by Gasteiger charge is 2.48. The fourth-order valence-corrected chi connectivity index (χ4v) is 5.10. The van der Waals surface area contributed by atoms with Crippen molar-refractivity contribution in [2.75, 3.05) is 37.6 Å². The first kappa shape index (κ1) is 30.9. The third-order valence-corrected chi connectivity index (χ3v) is 7.38. The highest BCUT2D eigenvalue weighted by Crippen LogP contribution is 2.41. The molecule has 0 bridgehead atoms. The molecule has 9 nitrogen and oxygen atoms in total. The van der Waals surface area contributed by atoms with Crippen LogP contribution in [-0.4, -0.2) is 78.1 Å². The fourth-order valence-electron chi connectivity index (χ4n) is 5.10. The predicted octanol–water partition coefficient (Wildman–Crippen LogP) is 5.01. The number of piperidine rings is 1. The highest BCUT2D eigenvalue weighted by atomic mass is 19.4. The minimum Gasteiger partial charge on any atom is -0.444 e. The summed E-state index contributed by atoms with van der Waals surface area (Å²) in [5, 5.41) is 1.57. The van der Waals surface area contributed by atoms with Gasteiger partial charge in [0.25, 0.3) is 0 Å². The summed E-state index contributed by atoms with van der Waals surface area (Å²) in [5.74, 6) is -2.84. The van der Waals surface area contributed by atoms with Crippen molar-refractivity contribution in [2.45, 2.75) is 51.9 Å². The van der Waals surface area contributed by atoms with E-state index in [1.54, 1.807) is 32.1 Å². The number of carbonyl (C=O) groups excluding carboxylic acids is 4. The summed E-state index contributed by atoms with van der Waals surface area (Å²) in [4.78, 5) is 54.5. The molecule has 2 saturated heterocycles. The number of hydrogen-bond donors (Lipinski definition) is 1. The molecule has 226 valence electrons. The molecule has 0 aliphatic carbocycles. The molecule has 0 aromatic heterocycles. The molecule has 4 amide bonds. The molecule has 4 rings (SSSR count). The van der Waals surface area contributed by atoms with E-state index in [0.29, 0.717) is 37.4 Å². The summed E-state index contributed by atoms with van der Waals surface area (Å²) in [6.07, 6.45) is -3.85. The Morgan fingerprint density at radius 3 is 2.05 bits per heavy atom. The second kappa shape index (κ2) is 12.0. The van der Waals surface area contributed by atoms with Gasteiger partial charge in [0, 0.05) is 42.8 Å². The van der Waals surface area contributed by atoms with Gasteiger partial charge in [-0.1, -0.05) is 42.5 Å². The topological polar surface area (TPSA) is 99.3 Å². The van der Waals surface area contributed by atoms with Gasteiger partial charge in [-0.15, -0.1) is 0 Å². The lowest BCUT2D eigenvalue weighted by molar-refractivity contribution is -0.173. The number of Topliss-reactive ketones (excluding diaryl/α,β-unsaturated/α-hetero) is 1. The van der Waals surface area contributed by atoms with Gasteiger partial charge in [-0.25, -0.2) is 9.59 Å². The number of rotatable bonds is 6. The number of ether oxygens (including phenoxy) is 1. The average molecular weight is 589 g/mol. The summed E-state index contributed by atoms with van der Waals surface area (Å²) in [5.41, 5.74) is 0.968. The Kier molecular flexibility index (Phi) is 8.84. The Labute approximate surface area is 242 Å². The number of hydrogen-bond acceptors (Lipinski definition) is 5. The van der Waals surface area contributed by atoms with Gasteiger partial charge >= 0.3 is 24.2 Å². The summed E-state index contributed by atoms with van der Waals surface area (Å²) >= 11 is 0. The minimum atomic E-state index is -5.06. The van der Waals surface area contributed by atoms with Crippen LogP contribution in [0.4, 0.5) is 28.4 Å². The standard InChI is InChI=1S/C30H35F3N4O5/c1-28(2,3)42-27(41)36-19-29(20-36)13-15-35(16-14-29)26(40)37(23-7-5-4-6-8-23)18-21-9-11-22(12-10-21)24(38)17-34-25(39)30(31,32)33/h4-12H,13-20H2,1-3H3,(H,34,39). The molecule has 1 N–H and O–H groups in total. The number of nitrogens with zero attached hydrogens (tertiary/aromatic N) is 3. The van der Waals surface area contributed by atoms with Crippen molar-refractivity contribution < 1.29 is 37.1 Å². The highest BCUT2D eigenvalue weighted by molar-refractivity contribution is 6.00. The number of likely N-dealkylation sites (tertiary alicyclic amines) is 2. The lowest BCUT2D eigenvalue weighted by Gasteiger charge is -2.53. The van der Waals surface area contributed by atoms with Gasteiger partial charge < -0.3 is 19.9 Å². The second-order valence-electron chi connectivity index (χ2n) is 11.8. The molecule has 1 spiro atoms. The number of anilines is 1. The zero-order valence-corrected chi connectivity index (χ0v) is 23.9. The molecule has 2 aliphatic rings. The van der Waals surface area contributed by atoms with Crippen LogP contribution in [0, 0.1) is 5.41 Å². The molecule has 0 radical (unpaired) electrons. The van der Waals surface area contributed by atoms with Crippen LogP contribution < -0.4 is 10.2 Å². The number of amides is 4. The molecule has 2 aromatic carbocycles. The van der Waals surface area contributed by atoms with Crippen molar-refractivity contribution >= 4 is 29.5 Å². The zero-order valence-electron chi connectivity index (χ0n) is 23.9. The van der Waals surface area contributed by atoms with Crippen LogP contribution in [0.3, 0.4) is 0 Å². The number of ketones is 1. The Hall–Kier alpha value is -4.09. The Bertz CT molecular complexity index is 1290. The maximum Gasteiger partial charge on any atom is 0.471 e. The van der Waals surface area contributed by atoms with Gasteiger partial charge in [-0.2, -0.15) is 13.2 Å². The summed E-state index contributed by atoms with van der Waals surface area (Å²) < 4.78 is 42.6. The van der Waals surface area contributed by atoms with Crippen LogP contribution in [0.25, 0.3) is 0 Å². The van der Waals surface area contributed by atoms with Gasteiger partial charge in [0.15, 0.2) is 5.78 Å². The van der Waals surface area contributed by atoms with E-state index in [-0.39, 0.29) is 29.6 Å². The van der Waals surface area contributed by atoms with Crippen LogP contribution in [0.15, 0.2) is 54.6 Å². The van der Waals surface area contributed by atoms with Gasteiger partial charge in [0.2, 0.25) is 0 Å². The molecule has 2 aliphatic heterocycles. The minimum absolute atomic E-state index is 0.0206. The molecule has 0 saturated carbocycles. The number of halogens is 3. The number of carbonyl (C=O) groups is 4. The van der Waals surface area contributed by atoms with Crippen molar-refractivity contribution in [3.05, 3.63) is 65.7 Å². The molecule has 2 heterocycles. The van der Waals surface area contributed by atoms with Crippen molar-refractivity contribution in [1.82, 2.24) is 15.1 Å². The number of urea groups is 1. The largest absolute Gasteiger partial charge is 0.471 e. The Balaban J connectivity index is 1.37. The van der Waals surface area contributed by atoms with Crippen LogP contribution in [-0.2, 0) is 16.1 Å². The molecule has 0 unspecified atom stereocenters. The van der Waals surface area contributed by atoms with Crippen LogP contribution in [0.2, 0.25) is 0 Å². The zero-order chi connectivity index (χ0) is 30.7. The monoisotopic (exact) mass is 588 g/mol. The van der Waals surface area contributed by atoms with Gasteiger partial charge in [0.05, 0.1) is 13.1 Å². The SMILES string of the molecule is CC(C)(C)OC(=O)N1CC2(CCN(C(=O)N(Cc3ccc(C(=O)CNC(=O)C(F)(F)F)cc3)c3ccccc3)CC2)C1. The van der Waals surface area contributed by atoms with Crippen molar-refractivity contribution in [3.63, 3.8) is 0 Å². The average Bonchev–Trinajstić information content (AvgIpc) is 2.92. The molecule has 2 aromatic rings. The third kappa shape index (κ3) is 7.59. The summed E-state index contributed by atoms with van der Waals surface area (Å²) in [6, 6.07) is 15.2. The van der Waals surface area contributed by atoms with E-state index in [4.69, 9.17) is 4.74 Å². The summed E-state index contributed by atoms with van der Waals surface area (Å²) in [6.45, 7) is 7.23. The lowest BCUT2D eigenvalue weighted by atomic mass is 9.72. The third-order valence-electron chi connectivity index (χ3n) is 7.38. The first-order valence-corrected chi connectivity index (χ1v) is 13.7. The van der Waals surface area contributed by atoms with Crippen molar-refractivity contribution in [1.29, 1.82) is 0 Å². The summed E-state index contributed by atoms with van der Waals surface area (Å²) in [7, 11) is 0. The first-order valence-electron chi connectivity index (χ1n) is 13.7. The van der Waals surface area contributed by atoms with E-state index >= 15 is 0 Å². The number of para-hydroxylation sites is 1. The van der Waals surface area contributed by atoms with E-state index in [9.17, 15) is 32.3 Å². The Morgan fingerprint density at radius 2 is 1.50 bits per heavy atom. The quantitative estimate of drug-likeness (QED) is 0.479. The molecular weight excluding hydrogens is 553 g/mol. The Morgan fingerprint density at radius 1 is 0.905 bits per heavy atom.